The van der Waals surface area contributed by atoms with Gasteiger partial charge in [-0.25, -0.2) is 17.8 Å². The van der Waals surface area contributed by atoms with Crippen molar-refractivity contribution < 1.29 is 17.6 Å². The van der Waals surface area contributed by atoms with Crippen LogP contribution in [0.1, 0.15) is 27.3 Å². The van der Waals surface area contributed by atoms with Gasteiger partial charge in [-0.15, -0.1) is 11.3 Å². The number of carbonyl (C=O) groups excluding carboxylic acids is 1. The number of carbonyl (C=O) groups is 1. The van der Waals surface area contributed by atoms with Crippen molar-refractivity contribution in [1.29, 1.82) is 0 Å². The highest BCUT2D eigenvalue weighted by atomic mass is 32.2. The molecule has 0 atom stereocenters. The van der Waals surface area contributed by atoms with E-state index in [1.165, 1.54) is 40.5 Å². The Kier molecular flexibility index (Phi) is 4.99. The summed E-state index contributed by atoms with van der Waals surface area (Å²) in [6.45, 7) is 0.464. The van der Waals surface area contributed by atoms with Gasteiger partial charge in [0, 0.05) is 23.8 Å². The van der Waals surface area contributed by atoms with Crippen LogP contribution >= 0.6 is 11.3 Å². The van der Waals surface area contributed by atoms with Gasteiger partial charge in [0.15, 0.2) is 9.84 Å². The summed E-state index contributed by atoms with van der Waals surface area (Å²) in [5, 5.41) is 2.28. The minimum absolute atomic E-state index is 0.0100. The Morgan fingerprint density at radius 1 is 1.21 bits per heavy atom. The molecule has 2 aromatic carbocycles. The third kappa shape index (κ3) is 3.57. The zero-order chi connectivity index (χ0) is 19.7. The van der Waals surface area contributed by atoms with E-state index in [2.05, 4.69) is 4.98 Å². The maximum absolute atomic E-state index is 14.0. The summed E-state index contributed by atoms with van der Waals surface area (Å²) in [6, 6.07) is 10.6. The van der Waals surface area contributed by atoms with Gasteiger partial charge in [0.05, 0.1) is 10.5 Å². The summed E-state index contributed by atoms with van der Waals surface area (Å²) in [4.78, 5) is 18.6. The van der Waals surface area contributed by atoms with Gasteiger partial charge in [-0.05, 0) is 48.7 Å². The fourth-order valence-corrected chi connectivity index (χ4v) is 5.63. The molecule has 0 N–H and O–H groups in total. The average Bonchev–Trinajstić information content (AvgIpc) is 3.19. The van der Waals surface area contributed by atoms with Crippen molar-refractivity contribution in [2.75, 3.05) is 11.4 Å². The maximum Gasteiger partial charge on any atom is 0.261 e. The number of aryl methyl sites for hydroxylation is 1. The first-order chi connectivity index (χ1) is 13.5. The standard InChI is InChI=1S/C20H17FN2O3S2/c21-17-6-2-1-5-16(17)20(24)23-10-3-4-14-12-15(7-8-18(14)23)28(25,26)13-19-22-9-11-27-19/h1-2,5-9,11-12H,3-4,10,13H2. The zero-order valence-electron chi connectivity index (χ0n) is 14.8. The number of benzene rings is 2. The number of aromatic nitrogens is 1. The molecule has 1 aliphatic heterocycles. The highest BCUT2D eigenvalue weighted by Crippen LogP contribution is 2.32. The first kappa shape index (κ1) is 18.8. The molecule has 5 nitrogen and oxygen atoms in total. The summed E-state index contributed by atoms with van der Waals surface area (Å²) >= 11 is 1.30. The number of amides is 1. The van der Waals surface area contributed by atoms with Crippen LogP contribution in [0, 0.1) is 5.82 Å². The number of hydrogen-bond acceptors (Lipinski definition) is 5. The number of nitrogens with zero attached hydrogens (tertiary/aromatic N) is 2. The molecular weight excluding hydrogens is 399 g/mol. The molecule has 8 heteroatoms. The van der Waals surface area contributed by atoms with E-state index in [1.54, 1.807) is 29.8 Å². The normalized spacial score (nSPS) is 14.0. The predicted molar refractivity (Wildman–Crippen MR) is 106 cm³/mol. The van der Waals surface area contributed by atoms with Gasteiger partial charge < -0.3 is 4.90 Å². The molecule has 1 aromatic heterocycles. The molecule has 0 spiro atoms. The third-order valence-electron chi connectivity index (χ3n) is 4.68. The molecule has 2 heterocycles. The fourth-order valence-electron chi connectivity index (χ4n) is 3.33. The number of anilines is 1. The van der Waals surface area contributed by atoms with Crippen LogP contribution in [0.4, 0.5) is 10.1 Å². The molecule has 0 saturated carbocycles. The predicted octanol–water partition coefficient (Wildman–Crippen LogP) is 3.85. The van der Waals surface area contributed by atoms with E-state index in [1.807, 2.05) is 0 Å². The number of fused-ring (bicyclic) bond motifs is 1. The largest absolute Gasteiger partial charge is 0.308 e. The second kappa shape index (κ2) is 7.44. The van der Waals surface area contributed by atoms with Gasteiger partial charge in [-0.3, -0.25) is 4.79 Å². The van der Waals surface area contributed by atoms with E-state index in [-0.39, 0.29) is 16.2 Å². The minimum Gasteiger partial charge on any atom is -0.308 e. The number of rotatable bonds is 4. The molecule has 4 rings (SSSR count). The van der Waals surface area contributed by atoms with Crippen molar-refractivity contribution in [3.8, 4) is 0 Å². The summed E-state index contributed by atoms with van der Waals surface area (Å²) in [6.07, 6.45) is 2.93. The van der Waals surface area contributed by atoms with Gasteiger partial charge in [-0.1, -0.05) is 12.1 Å². The third-order valence-corrected chi connectivity index (χ3v) is 7.26. The van der Waals surface area contributed by atoms with Crippen molar-refractivity contribution >= 4 is 32.8 Å². The molecule has 0 aliphatic carbocycles. The van der Waals surface area contributed by atoms with E-state index in [0.29, 0.717) is 30.1 Å². The number of hydrogen-bond donors (Lipinski definition) is 0. The van der Waals surface area contributed by atoms with E-state index in [0.717, 1.165) is 5.56 Å². The van der Waals surface area contributed by atoms with Crippen LogP contribution in [0.2, 0.25) is 0 Å². The molecule has 0 fully saturated rings. The van der Waals surface area contributed by atoms with Crippen LogP contribution in [0.5, 0.6) is 0 Å². The summed E-state index contributed by atoms with van der Waals surface area (Å²) < 4.78 is 39.4. The summed E-state index contributed by atoms with van der Waals surface area (Å²) in [5.41, 5.74) is 1.42. The molecule has 3 aromatic rings. The highest BCUT2D eigenvalue weighted by Gasteiger charge is 2.27. The maximum atomic E-state index is 14.0. The second-order valence-electron chi connectivity index (χ2n) is 6.52. The second-order valence-corrected chi connectivity index (χ2v) is 9.48. The SMILES string of the molecule is O=C(c1ccccc1F)N1CCCc2cc(S(=O)(=O)Cc3nccs3)ccc21. The minimum atomic E-state index is -3.53. The number of sulfone groups is 1. The Balaban J connectivity index is 1.66. The van der Waals surface area contributed by atoms with Gasteiger partial charge in [0.2, 0.25) is 0 Å². The van der Waals surface area contributed by atoms with Gasteiger partial charge >= 0.3 is 0 Å². The topological polar surface area (TPSA) is 67.3 Å². The number of thiazole rings is 1. The Hall–Kier alpha value is -2.58. The summed E-state index contributed by atoms with van der Waals surface area (Å²) in [7, 11) is -3.53. The lowest BCUT2D eigenvalue weighted by Gasteiger charge is -2.30. The molecule has 0 radical (unpaired) electrons. The Morgan fingerprint density at radius 3 is 2.79 bits per heavy atom. The van der Waals surface area contributed by atoms with Crippen LogP contribution in [0.15, 0.2) is 58.9 Å². The lowest BCUT2D eigenvalue weighted by Crippen LogP contribution is -2.36. The molecule has 1 aliphatic rings. The van der Waals surface area contributed by atoms with Crippen LogP contribution in [-0.4, -0.2) is 25.9 Å². The van der Waals surface area contributed by atoms with E-state index in [9.17, 15) is 17.6 Å². The molecule has 28 heavy (non-hydrogen) atoms. The lowest BCUT2D eigenvalue weighted by molar-refractivity contribution is 0.0981. The van der Waals surface area contributed by atoms with Gasteiger partial charge in [-0.2, -0.15) is 0 Å². The van der Waals surface area contributed by atoms with Crippen molar-refractivity contribution in [1.82, 2.24) is 4.98 Å². The van der Waals surface area contributed by atoms with Crippen molar-refractivity contribution in [3.05, 3.63) is 76.0 Å². The number of halogens is 1. The fraction of sp³-hybridized carbons (Fsp3) is 0.200. The van der Waals surface area contributed by atoms with Crippen molar-refractivity contribution in [2.45, 2.75) is 23.5 Å². The zero-order valence-corrected chi connectivity index (χ0v) is 16.5. The Bertz CT molecular complexity index is 1130. The molecule has 144 valence electrons. The quantitative estimate of drug-likeness (QED) is 0.648. The Morgan fingerprint density at radius 2 is 2.04 bits per heavy atom. The van der Waals surface area contributed by atoms with Crippen LogP contribution in [-0.2, 0) is 22.0 Å². The average molecular weight is 416 g/mol. The first-order valence-electron chi connectivity index (χ1n) is 8.76. The molecule has 0 saturated heterocycles. The molecule has 0 bridgehead atoms. The molecular formula is C20H17FN2O3S2. The van der Waals surface area contributed by atoms with Gasteiger partial charge in [0.1, 0.15) is 16.6 Å². The molecule has 0 unspecified atom stereocenters. The highest BCUT2D eigenvalue weighted by molar-refractivity contribution is 7.90. The van der Waals surface area contributed by atoms with E-state index >= 15 is 0 Å². The summed E-state index contributed by atoms with van der Waals surface area (Å²) in [5.74, 6) is -1.14. The smallest absolute Gasteiger partial charge is 0.261 e. The monoisotopic (exact) mass is 416 g/mol. The lowest BCUT2D eigenvalue weighted by atomic mass is 10.0. The molecule has 1 amide bonds. The Labute approximate surface area is 166 Å². The first-order valence-corrected chi connectivity index (χ1v) is 11.3. The van der Waals surface area contributed by atoms with Gasteiger partial charge in [0.25, 0.3) is 5.91 Å². The van der Waals surface area contributed by atoms with Crippen LogP contribution < -0.4 is 4.90 Å². The van der Waals surface area contributed by atoms with E-state index in [4.69, 9.17) is 0 Å². The van der Waals surface area contributed by atoms with Crippen LogP contribution in [0.25, 0.3) is 0 Å². The van der Waals surface area contributed by atoms with Crippen molar-refractivity contribution in [2.24, 2.45) is 0 Å². The van der Waals surface area contributed by atoms with E-state index < -0.39 is 21.6 Å². The van der Waals surface area contributed by atoms with Crippen LogP contribution in [0.3, 0.4) is 0 Å². The van der Waals surface area contributed by atoms with Crippen molar-refractivity contribution in [3.63, 3.8) is 0 Å².